The van der Waals surface area contributed by atoms with Gasteiger partial charge in [0.25, 0.3) is 0 Å². The summed E-state index contributed by atoms with van der Waals surface area (Å²) in [7, 11) is 0. The molecule has 0 aliphatic rings. The minimum absolute atomic E-state index is 0.696. The highest BCUT2D eigenvalue weighted by molar-refractivity contribution is 7.26. The molecule has 7 aromatic rings. The van der Waals surface area contributed by atoms with Gasteiger partial charge in [0.2, 0.25) is 0 Å². The van der Waals surface area contributed by atoms with Crippen molar-refractivity contribution in [2.45, 2.75) is 0 Å². The molecule has 7 rings (SSSR count). The average molecular weight is 493 g/mol. The number of hydrogen-bond acceptors (Lipinski definition) is 5. The molecule has 0 atom stereocenters. The Hall–Kier alpha value is -4.74. The summed E-state index contributed by atoms with van der Waals surface area (Å²) in [6, 6.07) is 37.2. The Kier molecular flexibility index (Phi) is 5.26. The van der Waals surface area contributed by atoms with Gasteiger partial charge in [-0.3, -0.25) is 9.97 Å². The summed E-state index contributed by atoms with van der Waals surface area (Å²) >= 11 is 1.74. The molecule has 0 aliphatic carbocycles. The first-order valence-electron chi connectivity index (χ1n) is 12.1. The zero-order valence-corrected chi connectivity index (χ0v) is 20.6. The number of benzene rings is 4. The maximum Gasteiger partial charge on any atom is 0.160 e. The molecule has 0 spiro atoms. The Labute approximate surface area is 218 Å². The molecule has 0 unspecified atom stereocenters. The van der Waals surface area contributed by atoms with Crippen LogP contribution in [0.3, 0.4) is 0 Å². The largest absolute Gasteiger partial charge is 0.252 e. The molecule has 0 N–H and O–H groups in total. The van der Waals surface area contributed by atoms with Crippen LogP contribution in [0, 0.1) is 0 Å². The highest BCUT2D eigenvalue weighted by atomic mass is 32.1. The van der Waals surface area contributed by atoms with Gasteiger partial charge in [-0.15, -0.1) is 11.3 Å². The van der Waals surface area contributed by atoms with Crippen LogP contribution < -0.4 is 0 Å². The van der Waals surface area contributed by atoms with Crippen LogP contribution in [-0.2, 0) is 0 Å². The number of rotatable bonds is 4. The van der Waals surface area contributed by atoms with Gasteiger partial charge in [0.1, 0.15) is 0 Å². The van der Waals surface area contributed by atoms with Crippen molar-refractivity contribution in [3.8, 4) is 45.2 Å². The first kappa shape index (κ1) is 21.5. The van der Waals surface area contributed by atoms with E-state index in [0.717, 1.165) is 54.9 Å². The van der Waals surface area contributed by atoms with E-state index < -0.39 is 0 Å². The van der Waals surface area contributed by atoms with Gasteiger partial charge in [-0.2, -0.15) is 0 Å². The van der Waals surface area contributed by atoms with Crippen molar-refractivity contribution in [2.24, 2.45) is 0 Å². The van der Waals surface area contributed by atoms with Gasteiger partial charge in [-0.05, 0) is 12.1 Å². The predicted molar refractivity (Wildman–Crippen MR) is 152 cm³/mol. The first-order chi connectivity index (χ1) is 18.3. The number of fused-ring (bicyclic) bond motifs is 3. The molecule has 4 aromatic carbocycles. The smallest absolute Gasteiger partial charge is 0.160 e. The fraction of sp³-hybridized carbons (Fsp3) is 0. The second-order valence-electron chi connectivity index (χ2n) is 8.74. The van der Waals surface area contributed by atoms with E-state index in [0.29, 0.717) is 5.82 Å². The summed E-state index contributed by atoms with van der Waals surface area (Å²) < 4.78 is 2.31. The maximum absolute atomic E-state index is 5.12. The molecule has 3 aromatic heterocycles. The van der Waals surface area contributed by atoms with Gasteiger partial charge in [-0.25, -0.2) is 9.97 Å². The van der Waals surface area contributed by atoms with Crippen molar-refractivity contribution < 1.29 is 0 Å². The molecule has 3 heterocycles. The lowest BCUT2D eigenvalue weighted by Gasteiger charge is -2.10. The van der Waals surface area contributed by atoms with Gasteiger partial charge in [-0.1, -0.05) is 97.1 Å². The highest BCUT2D eigenvalue weighted by Gasteiger charge is 2.17. The van der Waals surface area contributed by atoms with Crippen LogP contribution in [-0.4, -0.2) is 19.9 Å². The van der Waals surface area contributed by atoms with Crippen molar-refractivity contribution in [1.82, 2.24) is 19.9 Å². The molecule has 174 valence electrons. The van der Waals surface area contributed by atoms with E-state index in [4.69, 9.17) is 15.0 Å². The lowest BCUT2D eigenvalue weighted by molar-refractivity contribution is 1.21. The molecule has 5 heteroatoms. The van der Waals surface area contributed by atoms with Crippen LogP contribution >= 0.6 is 11.3 Å². The van der Waals surface area contributed by atoms with Gasteiger partial charge >= 0.3 is 0 Å². The quantitative estimate of drug-likeness (QED) is 0.248. The Morgan fingerprint density at radius 1 is 0.486 bits per heavy atom. The van der Waals surface area contributed by atoms with Crippen LogP contribution in [0.4, 0.5) is 0 Å². The van der Waals surface area contributed by atoms with E-state index >= 15 is 0 Å². The van der Waals surface area contributed by atoms with Gasteiger partial charge in [0, 0.05) is 44.7 Å². The standard InChI is InChI=1S/C32H20N4S/c1-3-10-21(11-4-1)27-28(34-19-18-33-27)23-14-9-15-24(20-23)32-35-29(22-12-5-2-6-13-22)31-30(36-32)25-16-7-8-17-26(25)37-31/h1-20H. The summed E-state index contributed by atoms with van der Waals surface area (Å²) in [5.74, 6) is 0.696. The van der Waals surface area contributed by atoms with Crippen molar-refractivity contribution in [2.75, 3.05) is 0 Å². The summed E-state index contributed by atoms with van der Waals surface area (Å²) in [4.78, 5) is 19.6. The van der Waals surface area contributed by atoms with Crippen molar-refractivity contribution >= 4 is 31.6 Å². The Morgan fingerprint density at radius 3 is 1.84 bits per heavy atom. The van der Waals surface area contributed by atoms with Crippen molar-refractivity contribution in [3.05, 3.63) is 122 Å². The molecule has 0 radical (unpaired) electrons. The lowest BCUT2D eigenvalue weighted by Crippen LogP contribution is -1.95. The third kappa shape index (κ3) is 3.86. The number of hydrogen-bond donors (Lipinski definition) is 0. The molecule has 0 aliphatic heterocycles. The van der Waals surface area contributed by atoms with Gasteiger partial charge < -0.3 is 0 Å². The normalized spacial score (nSPS) is 11.2. The van der Waals surface area contributed by atoms with Crippen LogP contribution in [0.2, 0.25) is 0 Å². The molecule has 0 fully saturated rings. The summed E-state index contributed by atoms with van der Waals surface area (Å²) in [6.45, 7) is 0. The maximum atomic E-state index is 5.12. The molecule has 37 heavy (non-hydrogen) atoms. The predicted octanol–water partition coefficient (Wildman–Crippen LogP) is 8.30. The number of thiophene rings is 1. The zero-order valence-electron chi connectivity index (χ0n) is 19.7. The van der Waals surface area contributed by atoms with Crippen LogP contribution in [0.15, 0.2) is 122 Å². The van der Waals surface area contributed by atoms with Crippen molar-refractivity contribution in [1.29, 1.82) is 0 Å². The SMILES string of the molecule is c1ccc(-c2nccnc2-c2cccc(-c3nc(-c4ccccc4)c4sc5ccccc5c4n3)c2)cc1. The fourth-order valence-electron chi connectivity index (χ4n) is 4.67. The van der Waals surface area contributed by atoms with Crippen LogP contribution in [0.5, 0.6) is 0 Å². The molecule has 0 bridgehead atoms. The van der Waals surface area contributed by atoms with Crippen LogP contribution in [0.1, 0.15) is 0 Å². The molecule has 0 saturated carbocycles. The van der Waals surface area contributed by atoms with Gasteiger partial charge in [0.05, 0.1) is 27.3 Å². The molecular formula is C32H20N4S. The minimum atomic E-state index is 0.696. The molecule has 0 saturated heterocycles. The first-order valence-corrected chi connectivity index (χ1v) is 12.9. The minimum Gasteiger partial charge on any atom is -0.252 e. The Morgan fingerprint density at radius 2 is 1.08 bits per heavy atom. The monoisotopic (exact) mass is 492 g/mol. The van der Waals surface area contributed by atoms with E-state index in [2.05, 4.69) is 83.8 Å². The summed E-state index contributed by atoms with van der Waals surface area (Å²) in [5, 5.41) is 1.15. The average Bonchev–Trinajstić information content (AvgIpc) is 3.36. The highest BCUT2D eigenvalue weighted by Crippen LogP contribution is 2.39. The summed E-state index contributed by atoms with van der Waals surface area (Å²) in [6.07, 6.45) is 3.47. The molecular weight excluding hydrogens is 472 g/mol. The Bertz CT molecular complexity index is 1880. The second-order valence-corrected chi connectivity index (χ2v) is 9.79. The van der Waals surface area contributed by atoms with Crippen molar-refractivity contribution in [3.63, 3.8) is 0 Å². The molecule has 0 amide bonds. The van der Waals surface area contributed by atoms with E-state index in [-0.39, 0.29) is 0 Å². The number of aromatic nitrogens is 4. The van der Waals surface area contributed by atoms with E-state index in [9.17, 15) is 0 Å². The number of nitrogens with zero attached hydrogens (tertiary/aromatic N) is 4. The van der Waals surface area contributed by atoms with E-state index in [1.807, 2.05) is 30.3 Å². The molecule has 4 nitrogen and oxygen atoms in total. The lowest BCUT2D eigenvalue weighted by atomic mass is 10.0. The Balaban J connectivity index is 1.44. The van der Waals surface area contributed by atoms with Crippen LogP contribution in [0.25, 0.3) is 65.5 Å². The zero-order chi connectivity index (χ0) is 24.6. The second kappa shape index (κ2) is 9.04. The topological polar surface area (TPSA) is 51.6 Å². The van der Waals surface area contributed by atoms with E-state index in [1.165, 1.54) is 4.70 Å². The third-order valence-electron chi connectivity index (χ3n) is 6.41. The fourth-order valence-corrected chi connectivity index (χ4v) is 5.83. The summed E-state index contributed by atoms with van der Waals surface area (Å²) in [5.41, 5.74) is 7.66. The van der Waals surface area contributed by atoms with E-state index in [1.54, 1.807) is 23.7 Å². The third-order valence-corrected chi connectivity index (χ3v) is 7.57. The van der Waals surface area contributed by atoms with Gasteiger partial charge in [0.15, 0.2) is 5.82 Å².